The molecule has 2 aromatic carbocycles. The number of hydrogen-bond donors (Lipinski definition) is 2. The molecule has 2 N–H and O–H groups in total. The van der Waals surface area contributed by atoms with Crippen LogP contribution in [0.3, 0.4) is 0 Å². The van der Waals surface area contributed by atoms with Crippen molar-refractivity contribution in [1.82, 2.24) is 25.1 Å². The second-order valence-corrected chi connectivity index (χ2v) is 10.5. The number of carbonyl (C=O) groups is 1. The number of piperazine rings is 1. The van der Waals surface area contributed by atoms with Crippen LogP contribution in [0.5, 0.6) is 6.01 Å². The largest absolute Gasteiger partial charge is 0.458 e. The second kappa shape index (κ2) is 10.4. The van der Waals surface area contributed by atoms with Crippen molar-refractivity contribution in [3.63, 3.8) is 0 Å². The molecule has 4 heterocycles. The minimum absolute atomic E-state index is 0.138. The lowest BCUT2D eigenvalue weighted by molar-refractivity contribution is 0.00353. The van der Waals surface area contributed by atoms with Crippen LogP contribution < -0.4 is 20.3 Å². The smallest absolute Gasteiger partial charge is 0.317 e. The van der Waals surface area contributed by atoms with E-state index in [2.05, 4.69) is 39.5 Å². The summed E-state index contributed by atoms with van der Waals surface area (Å²) in [4.78, 5) is 25.1. The zero-order valence-corrected chi connectivity index (χ0v) is 22.3. The number of nitrogens with one attached hydrogen (secondary N) is 2. The number of amides is 1. The van der Waals surface area contributed by atoms with Crippen molar-refractivity contribution < 1.29 is 18.7 Å². The van der Waals surface area contributed by atoms with E-state index in [0.717, 1.165) is 43.6 Å². The van der Waals surface area contributed by atoms with Crippen LogP contribution in [0.15, 0.2) is 36.7 Å². The highest BCUT2D eigenvalue weighted by Crippen LogP contribution is 2.32. The summed E-state index contributed by atoms with van der Waals surface area (Å²) in [6, 6.07) is 7.50. The number of nitrogens with zero attached hydrogens (tertiary/aromatic N) is 5. The highest BCUT2D eigenvalue weighted by atomic mass is 19.1. The standard InChI is InChI=1S/C28H32FN7O3/c1-16-12-36(13-17(2)31-16)24-7-6-21(26-22(24)11-30-28(33-26)39-20-5-4-8-38-15-20)27(37)32-19-9-18-14-35(3)34-25(18)23(29)10-19/h6-7,9-11,14,16-17,20,31H,4-5,8,12-13,15H2,1-3H3,(H,32,37)/t16-,17-,20?/m1/s1. The first-order chi connectivity index (χ1) is 18.8. The fraction of sp³-hybridized carbons (Fsp3) is 0.429. The summed E-state index contributed by atoms with van der Waals surface area (Å²) in [6.45, 7) is 7.13. The molecule has 2 saturated heterocycles. The number of fused-ring (bicyclic) bond motifs is 2. The monoisotopic (exact) mass is 533 g/mol. The van der Waals surface area contributed by atoms with Crippen molar-refractivity contribution in [2.24, 2.45) is 7.05 Å². The third kappa shape index (κ3) is 5.24. The minimum Gasteiger partial charge on any atom is -0.458 e. The van der Waals surface area contributed by atoms with Gasteiger partial charge < -0.3 is 25.0 Å². The third-order valence-electron chi connectivity index (χ3n) is 7.17. The van der Waals surface area contributed by atoms with E-state index < -0.39 is 11.7 Å². The van der Waals surface area contributed by atoms with E-state index in [0.29, 0.717) is 40.8 Å². The maximum atomic E-state index is 14.7. The topological polar surface area (TPSA) is 106 Å². The van der Waals surface area contributed by atoms with E-state index in [1.807, 2.05) is 6.07 Å². The van der Waals surface area contributed by atoms with Gasteiger partial charge in [0.1, 0.15) is 11.6 Å². The van der Waals surface area contributed by atoms with Crippen LogP contribution >= 0.6 is 0 Å². The van der Waals surface area contributed by atoms with Crippen LogP contribution in [0.1, 0.15) is 37.0 Å². The Labute approximate surface area is 225 Å². The maximum absolute atomic E-state index is 14.7. The molecular weight excluding hydrogens is 501 g/mol. The van der Waals surface area contributed by atoms with Gasteiger partial charge in [-0.15, -0.1) is 0 Å². The quantitative estimate of drug-likeness (QED) is 0.401. The third-order valence-corrected chi connectivity index (χ3v) is 7.17. The van der Waals surface area contributed by atoms with Crippen LogP contribution in [0, 0.1) is 5.82 Å². The van der Waals surface area contributed by atoms with E-state index in [-0.39, 0.29) is 17.6 Å². The molecule has 0 spiro atoms. The van der Waals surface area contributed by atoms with E-state index in [9.17, 15) is 9.18 Å². The zero-order chi connectivity index (χ0) is 27.1. The van der Waals surface area contributed by atoms with Crippen molar-refractivity contribution in [2.75, 3.05) is 36.5 Å². The minimum atomic E-state index is -0.502. The number of hydrogen-bond acceptors (Lipinski definition) is 8. The van der Waals surface area contributed by atoms with Gasteiger partial charge in [0, 0.05) is 73.4 Å². The van der Waals surface area contributed by atoms with Gasteiger partial charge in [-0.25, -0.2) is 9.37 Å². The van der Waals surface area contributed by atoms with Crippen molar-refractivity contribution in [1.29, 1.82) is 0 Å². The molecule has 39 heavy (non-hydrogen) atoms. The summed E-state index contributed by atoms with van der Waals surface area (Å²) in [5.41, 5.74) is 2.38. The summed E-state index contributed by atoms with van der Waals surface area (Å²) in [5, 5.41) is 11.9. The van der Waals surface area contributed by atoms with Gasteiger partial charge >= 0.3 is 6.01 Å². The summed E-state index contributed by atoms with van der Waals surface area (Å²) in [7, 11) is 1.73. The highest BCUT2D eigenvalue weighted by Gasteiger charge is 2.25. The number of aromatic nitrogens is 4. The van der Waals surface area contributed by atoms with Gasteiger partial charge in [0.05, 0.1) is 17.7 Å². The molecule has 204 valence electrons. The predicted molar refractivity (Wildman–Crippen MR) is 147 cm³/mol. The van der Waals surface area contributed by atoms with Crippen LogP contribution in [-0.2, 0) is 11.8 Å². The van der Waals surface area contributed by atoms with Crippen LogP contribution in [0.4, 0.5) is 15.8 Å². The Morgan fingerprint density at radius 1 is 1.21 bits per heavy atom. The lowest BCUT2D eigenvalue weighted by atomic mass is 10.0. The van der Waals surface area contributed by atoms with Crippen LogP contribution in [0.2, 0.25) is 0 Å². The van der Waals surface area contributed by atoms with E-state index >= 15 is 0 Å². The first-order valence-corrected chi connectivity index (χ1v) is 13.3. The van der Waals surface area contributed by atoms with Crippen molar-refractivity contribution >= 4 is 39.1 Å². The summed E-state index contributed by atoms with van der Waals surface area (Å²) < 4.78 is 27.8. The molecule has 0 aliphatic carbocycles. The maximum Gasteiger partial charge on any atom is 0.317 e. The molecule has 1 amide bonds. The number of benzene rings is 2. The molecule has 0 saturated carbocycles. The molecule has 2 aliphatic rings. The summed E-state index contributed by atoms with van der Waals surface area (Å²) in [5.74, 6) is -0.903. The van der Waals surface area contributed by atoms with Gasteiger partial charge in [-0.1, -0.05) is 0 Å². The molecule has 4 aromatic rings. The SMILES string of the molecule is C[C@@H]1CN(c2ccc(C(=O)Nc3cc(F)c4nn(C)cc4c3)c3nc(OC4CCCOC4)ncc23)C[C@@H](C)N1. The van der Waals surface area contributed by atoms with Gasteiger partial charge in [0.2, 0.25) is 0 Å². The average Bonchev–Trinajstić information content (AvgIpc) is 3.28. The number of anilines is 2. The summed E-state index contributed by atoms with van der Waals surface area (Å²) in [6.07, 6.45) is 5.06. The van der Waals surface area contributed by atoms with Crippen LogP contribution in [0.25, 0.3) is 21.8 Å². The first kappa shape index (κ1) is 25.4. The number of rotatable bonds is 5. The fourth-order valence-corrected chi connectivity index (χ4v) is 5.56. The molecule has 0 bridgehead atoms. The molecule has 3 atom stereocenters. The normalized spacial score (nSPS) is 21.8. The van der Waals surface area contributed by atoms with Gasteiger partial charge in [0.15, 0.2) is 5.82 Å². The molecule has 0 radical (unpaired) electrons. The van der Waals surface area contributed by atoms with Crippen molar-refractivity contribution in [2.45, 2.75) is 44.9 Å². The Morgan fingerprint density at radius 2 is 2.03 bits per heavy atom. The summed E-state index contributed by atoms with van der Waals surface area (Å²) >= 11 is 0. The highest BCUT2D eigenvalue weighted by molar-refractivity contribution is 6.14. The molecule has 10 nitrogen and oxygen atoms in total. The molecule has 6 rings (SSSR count). The zero-order valence-electron chi connectivity index (χ0n) is 22.3. The number of carbonyl (C=O) groups excluding carboxylic acids is 1. The number of ether oxygens (including phenoxy) is 2. The lowest BCUT2D eigenvalue weighted by Gasteiger charge is -2.38. The van der Waals surface area contributed by atoms with E-state index in [4.69, 9.17) is 14.5 Å². The Morgan fingerprint density at radius 3 is 2.79 bits per heavy atom. The fourth-order valence-electron chi connectivity index (χ4n) is 5.56. The molecule has 2 fully saturated rings. The molecule has 2 aliphatic heterocycles. The van der Waals surface area contributed by atoms with Gasteiger partial charge in [-0.3, -0.25) is 9.48 Å². The van der Waals surface area contributed by atoms with E-state index in [1.165, 1.54) is 6.07 Å². The van der Waals surface area contributed by atoms with E-state index in [1.54, 1.807) is 36.3 Å². The van der Waals surface area contributed by atoms with Gasteiger partial charge in [0.25, 0.3) is 5.91 Å². The Bertz CT molecular complexity index is 1520. The molecular formula is C28H32FN7O3. The second-order valence-electron chi connectivity index (χ2n) is 10.5. The molecule has 11 heteroatoms. The first-order valence-electron chi connectivity index (χ1n) is 13.3. The Hall–Kier alpha value is -3.83. The van der Waals surface area contributed by atoms with Crippen molar-refractivity contribution in [3.05, 3.63) is 48.0 Å². The van der Waals surface area contributed by atoms with Gasteiger partial charge in [-0.2, -0.15) is 10.1 Å². The van der Waals surface area contributed by atoms with Crippen LogP contribution in [-0.4, -0.2) is 70.1 Å². The van der Waals surface area contributed by atoms with Crippen molar-refractivity contribution in [3.8, 4) is 6.01 Å². The number of aryl methyl sites for hydroxylation is 1. The van der Waals surface area contributed by atoms with Gasteiger partial charge in [-0.05, 0) is 51.0 Å². The molecule has 1 unspecified atom stereocenters. The number of halogens is 1. The lowest BCUT2D eigenvalue weighted by Crippen LogP contribution is -2.54. The molecule has 2 aromatic heterocycles. The average molecular weight is 534 g/mol. The Balaban J connectivity index is 1.38. The predicted octanol–water partition coefficient (Wildman–Crippen LogP) is 3.65. The Kier molecular flexibility index (Phi) is 6.78.